The van der Waals surface area contributed by atoms with Gasteiger partial charge in [-0.3, -0.25) is 4.79 Å². The molecule has 0 fully saturated rings. The van der Waals surface area contributed by atoms with E-state index in [1.807, 2.05) is 6.55 Å². The van der Waals surface area contributed by atoms with Gasteiger partial charge in [0, 0.05) is 20.8 Å². The number of nitrogens with one attached hydrogen (secondary N) is 1. The van der Waals surface area contributed by atoms with E-state index in [-0.39, 0.29) is 5.91 Å². The van der Waals surface area contributed by atoms with Crippen molar-refractivity contribution in [3.05, 3.63) is 0 Å². The second kappa shape index (κ2) is 6.34. The molecule has 96 valence electrons. The quantitative estimate of drug-likeness (QED) is 0.513. The maximum Gasteiger partial charge on any atom is 0.334 e. The minimum atomic E-state index is -2.03. The molecule has 0 rings (SSSR count). The molecule has 0 heterocycles. The summed E-state index contributed by atoms with van der Waals surface area (Å²) in [5.74, 6) is -0.356. The van der Waals surface area contributed by atoms with Gasteiger partial charge in [-0.2, -0.15) is 0 Å². The summed E-state index contributed by atoms with van der Waals surface area (Å²) in [6.07, 6.45) is 0.784. The first-order valence-corrected chi connectivity index (χ1v) is 7.88. The third kappa shape index (κ3) is 5.60. The molecule has 1 amide bonds. The highest BCUT2D eigenvalue weighted by Gasteiger charge is 2.28. The van der Waals surface area contributed by atoms with Gasteiger partial charge in [0.05, 0.1) is 0 Å². The summed E-state index contributed by atoms with van der Waals surface area (Å²) >= 11 is 0. The van der Waals surface area contributed by atoms with Gasteiger partial charge in [-0.05, 0) is 32.9 Å². The van der Waals surface area contributed by atoms with Gasteiger partial charge in [-0.1, -0.05) is 0 Å². The highest BCUT2D eigenvalue weighted by atomic mass is 28.4. The first-order valence-electron chi connectivity index (χ1n) is 5.36. The fourth-order valence-electron chi connectivity index (χ4n) is 1.12. The summed E-state index contributed by atoms with van der Waals surface area (Å²) in [5.41, 5.74) is -1.32. The van der Waals surface area contributed by atoms with E-state index in [1.165, 1.54) is 13.8 Å². The lowest BCUT2D eigenvalue weighted by atomic mass is 10.1. The Morgan fingerprint density at radius 3 is 2.25 bits per heavy atom. The minimum absolute atomic E-state index is 0.356. The molecule has 0 aliphatic carbocycles. The van der Waals surface area contributed by atoms with E-state index in [1.54, 1.807) is 14.2 Å². The van der Waals surface area contributed by atoms with E-state index in [0.717, 1.165) is 12.5 Å². The Balaban J connectivity index is 3.81. The zero-order valence-electron chi connectivity index (χ0n) is 10.8. The lowest BCUT2D eigenvalue weighted by molar-refractivity contribution is -0.136. The zero-order valence-corrected chi connectivity index (χ0v) is 11.8. The molecule has 0 saturated heterocycles. The van der Waals surface area contributed by atoms with Gasteiger partial charge in [0.2, 0.25) is 0 Å². The average molecular weight is 249 g/mol. The van der Waals surface area contributed by atoms with Crippen molar-refractivity contribution in [3.63, 3.8) is 0 Å². The molecule has 0 radical (unpaired) electrons. The molecule has 0 aromatic carbocycles. The number of carbonyl (C=O) groups is 1. The number of hydrogen-bond acceptors (Lipinski definition) is 4. The van der Waals surface area contributed by atoms with Gasteiger partial charge < -0.3 is 19.3 Å². The molecule has 2 N–H and O–H groups in total. The van der Waals surface area contributed by atoms with Crippen molar-refractivity contribution < 1.29 is 18.8 Å². The third-order valence-electron chi connectivity index (χ3n) is 2.51. The Bertz CT molecular complexity index is 223. The van der Waals surface area contributed by atoms with Crippen LogP contribution < -0.4 is 5.32 Å². The topological polar surface area (TPSA) is 67.8 Å². The molecule has 6 heteroatoms. The van der Waals surface area contributed by atoms with Crippen LogP contribution in [0.5, 0.6) is 0 Å². The van der Waals surface area contributed by atoms with Gasteiger partial charge in [0.25, 0.3) is 5.91 Å². The Hall–Kier alpha value is -0.433. The molecular weight excluding hydrogens is 226 g/mol. The monoisotopic (exact) mass is 249 g/mol. The second-order valence-electron chi connectivity index (χ2n) is 4.46. The highest BCUT2D eigenvalue weighted by molar-refractivity contribution is 6.65. The van der Waals surface area contributed by atoms with Crippen molar-refractivity contribution in [1.29, 1.82) is 0 Å². The maximum atomic E-state index is 11.3. The minimum Gasteiger partial charge on any atom is -0.398 e. The van der Waals surface area contributed by atoms with Crippen LogP contribution in [0.25, 0.3) is 0 Å². The van der Waals surface area contributed by atoms with Crippen molar-refractivity contribution >= 4 is 14.5 Å². The largest absolute Gasteiger partial charge is 0.398 e. The molecule has 0 aliphatic heterocycles. The normalized spacial score (nSPS) is 12.6. The number of hydrogen-bond donors (Lipinski definition) is 2. The molecule has 5 nitrogen and oxygen atoms in total. The van der Waals surface area contributed by atoms with Crippen LogP contribution in [0.1, 0.15) is 20.3 Å². The summed E-state index contributed by atoms with van der Waals surface area (Å²) in [6.45, 7) is 5.43. The molecule has 0 aromatic heterocycles. The van der Waals surface area contributed by atoms with Crippen LogP contribution in [-0.4, -0.2) is 45.9 Å². The Morgan fingerprint density at radius 2 is 1.88 bits per heavy atom. The first kappa shape index (κ1) is 15.6. The first-order chi connectivity index (χ1) is 7.25. The molecule has 0 aromatic rings. The summed E-state index contributed by atoms with van der Waals surface area (Å²) in [4.78, 5) is 11.3. The predicted octanol–water partition coefficient (Wildman–Crippen LogP) is 0.628. The molecule has 0 aliphatic rings. The Kier molecular flexibility index (Phi) is 6.17. The fourth-order valence-corrected chi connectivity index (χ4v) is 2.51. The molecule has 0 spiro atoms. The van der Waals surface area contributed by atoms with Gasteiger partial charge >= 0.3 is 8.56 Å². The van der Waals surface area contributed by atoms with Crippen molar-refractivity contribution in [2.24, 2.45) is 0 Å². The molecule has 0 unspecified atom stereocenters. The van der Waals surface area contributed by atoms with Crippen LogP contribution >= 0.6 is 0 Å². The third-order valence-corrected chi connectivity index (χ3v) is 5.50. The fraction of sp³-hybridized carbons (Fsp3) is 0.900. The zero-order chi connectivity index (χ0) is 12.8. The van der Waals surface area contributed by atoms with E-state index in [0.29, 0.717) is 6.54 Å². The second-order valence-corrected chi connectivity index (χ2v) is 8.04. The van der Waals surface area contributed by atoms with E-state index >= 15 is 0 Å². The van der Waals surface area contributed by atoms with E-state index in [2.05, 4.69) is 5.32 Å². The molecule has 0 bridgehead atoms. The predicted molar refractivity (Wildman–Crippen MR) is 64.4 cm³/mol. The van der Waals surface area contributed by atoms with Crippen LogP contribution in [0.3, 0.4) is 0 Å². The molecular formula is C10H23NO4Si. The van der Waals surface area contributed by atoms with Crippen LogP contribution in [0.15, 0.2) is 0 Å². The number of carbonyl (C=O) groups excluding carboxylic acids is 1. The smallest absolute Gasteiger partial charge is 0.334 e. The Morgan fingerprint density at radius 1 is 1.38 bits per heavy atom. The van der Waals surface area contributed by atoms with Gasteiger partial charge in [0.1, 0.15) is 5.60 Å². The lowest BCUT2D eigenvalue weighted by Gasteiger charge is -2.23. The number of aliphatic hydroxyl groups is 1. The summed E-state index contributed by atoms with van der Waals surface area (Å²) in [5, 5.41) is 12.1. The summed E-state index contributed by atoms with van der Waals surface area (Å²) in [7, 11) is 1.26. The van der Waals surface area contributed by atoms with Crippen molar-refractivity contribution in [3.8, 4) is 0 Å². The van der Waals surface area contributed by atoms with Crippen LogP contribution in [0, 0.1) is 0 Å². The molecule has 0 saturated carbocycles. The van der Waals surface area contributed by atoms with Crippen LogP contribution in [0.2, 0.25) is 12.6 Å². The summed E-state index contributed by atoms with van der Waals surface area (Å²) in [6, 6.07) is 0.812. The van der Waals surface area contributed by atoms with Crippen molar-refractivity contribution in [2.45, 2.75) is 38.5 Å². The highest BCUT2D eigenvalue weighted by Crippen LogP contribution is 2.13. The molecule has 16 heavy (non-hydrogen) atoms. The van der Waals surface area contributed by atoms with E-state index in [4.69, 9.17) is 8.85 Å². The standard InChI is InChI=1S/C10H23NO4Si/c1-10(2,13)9(12)11-7-6-8-16(5,14-3)15-4/h13H,6-8H2,1-5H3,(H,11,12). The van der Waals surface area contributed by atoms with Crippen molar-refractivity contribution in [1.82, 2.24) is 5.32 Å². The SMILES string of the molecule is CO[Si](C)(CCCNC(=O)C(C)(C)O)OC. The van der Waals surface area contributed by atoms with Gasteiger partial charge in [-0.15, -0.1) is 0 Å². The van der Waals surface area contributed by atoms with Gasteiger partial charge in [-0.25, -0.2) is 0 Å². The lowest BCUT2D eigenvalue weighted by Crippen LogP contribution is -2.43. The van der Waals surface area contributed by atoms with E-state index < -0.39 is 14.2 Å². The van der Waals surface area contributed by atoms with Crippen LogP contribution in [0.4, 0.5) is 0 Å². The Labute approximate surface area is 98.4 Å². The van der Waals surface area contributed by atoms with Crippen LogP contribution in [-0.2, 0) is 13.6 Å². The molecule has 0 atom stereocenters. The van der Waals surface area contributed by atoms with Crippen molar-refractivity contribution in [2.75, 3.05) is 20.8 Å². The maximum absolute atomic E-state index is 11.3. The van der Waals surface area contributed by atoms with E-state index in [9.17, 15) is 9.90 Å². The van der Waals surface area contributed by atoms with Gasteiger partial charge in [0.15, 0.2) is 0 Å². The number of rotatable bonds is 7. The number of amides is 1. The summed E-state index contributed by atoms with van der Waals surface area (Å²) < 4.78 is 10.6. The average Bonchev–Trinajstić information content (AvgIpc) is 2.22.